The molecule has 15 heteroatoms. The maximum Gasteiger partial charge on any atom is 0.176 e. The van der Waals surface area contributed by atoms with Crippen molar-refractivity contribution in [1.82, 2.24) is 13.7 Å². The van der Waals surface area contributed by atoms with Gasteiger partial charge in [-0.3, -0.25) is 13.7 Å². The van der Waals surface area contributed by atoms with Gasteiger partial charge in [0.2, 0.25) is 0 Å². The standard InChI is InChI=1S/3C42H24N2O3/c1-2-10-25(11-3-1)26-12-6-13-27(24-26)43(31-16-8-18-34-38(31)30-14-4-5-17-33(30)45-34)32-23-22-29-28-15-7-19-35-39(28)44-40(29)42(32)47-37-21-9-20-36(46-35)41(37)44;1-2-9-25(10-3-1)26-11-6-12-27(23-26)43(28-19-22-35-32(24-28)29-13-4-5-15-34(29)45-35)33-21-20-31-30-14-7-16-36-39(30)44-40(31)42(33)47-38-18-8-17-37(46-36)41(38)44;1-2-9-25(10-3-1)26-11-6-12-27(23-26)43(28-19-20-30-29-13-4-5-15-34(29)45-38(30)24-28)33-22-21-32-31-14-7-16-35-39(31)44-40(32)42(33)47-37-18-8-17-36(46-35)41(37)44/h3*1-24H. The van der Waals surface area contributed by atoms with E-state index in [2.05, 4.69) is 344 Å². The van der Waals surface area contributed by atoms with E-state index in [9.17, 15) is 0 Å². The predicted octanol–water partition coefficient (Wildman–Crippen LogP) is 36.1. The van der Waals surface area contributed by atoms with Crippen molar-refractivity contribution < 1.29 is 41.7 Å². The van der Waals surface area contributed by atoms with E-state index in [1.165, 1.54) is 0 Å². The molecule has 33 rings (SSSR count). The second kappa shape index (κ2) is 29.6. The van der Waals surface area contributed by atoms with E-state index in [0.29, 0.717) is 0 Å². The third-order valence-electron chi connectivity index (χ3n) is 28.6. The van der Waals surface area contributed by atoms with E-state index in [1.54, 1.807) is 0 Å². The molecule has 0 saturated carbocycles. The van der Waals surface area contributed by atoms with Crippen molar-refractivity contribution in [3.05, 3.63) is 437 Å². The molecule has 0 aliphatic carbocycles. The van der Waals surface area contributed by atoms with Crippen molar-refractivity contribution in [2.75, 3.05) is 14.7 Å². The minimum absolute atomic E-state index is 0.765. The average molecular weight is 1810 g/mol. The molecule has 0 amide bonds. The van der Waals surface area contributed by atoms with Crippen molar-refractivity contribution in [1.29, 1.82) is 0 Å². The minimum atomic E-state index is 0.765. The number of hydrogen-bond acceptors (Lipinski definition) is 12. The first-order chi connectivity index (χ1) is 69.9. The molecule has 6 aliphatic rings. The smallest absolute Gasteiger partial charge is 0.176 e. The third kappa shape index (κ3) is 11.4. The van der Waals surface area contributed by atoms with Gasteiger partial charge in [0.1, 0.15) is 50.6 Å². The van der Waals surface area contributed by atoms with Crippen molar-refractivity contribution >= 4 is 182 Å². The van der Waals surface area contributed by atoms with Crippen LogP contribution in [0.25, 0.3) is 182 Å². The first kappa shape index (κ1) is 77.0. The maximum absolute atomic E-state index is 6.97. The van der Waals surface area contributed by atoms with Gasteiger partial charge in [-0.25, -0.2) is 0 Å². The lowest BCUT2D eigenvalue weighted by atomic mass is 10.0. The SMILES string of the molecule is c1ccc(-c2cccc(N(c3ccc4c(c3)oc3ccccc34)c3ccc4c5cccc6c5n5c4c3Oc3cccc(c3-5)O6)c2)cc1.c1ccc(-c2cccc(N(c3ccc4c5cccc6c5n5c4c3Oc3cccc(c3-5)O6)c3cccc4oc5ccccc5c34)c2)cc1.c1ccc(-c2cccc(N(c3ccc4oc5ccccc5c4c3)c3ccc4c5cccc6c5n5c4c3Oc3cccc(c3-5)O6)c2)cc1. The van der Waals surface area contributed by atoms with Gasteiger partial charge in [-0.15, -0.1) is 0 Å². The van der Waals surface area contributed by atoms with E-state index in [0.717, 1.165) is 302 Å². The van der Waals surface area contributed by atoms with Crippen LogP contribution < -0.4 is 43.1 Å². The van der Waals surface area contributed by atoms with Crippen molar-refractivity contribution in [3.8, 4) is 119 Å². The summed E-state index contributed by atoms with van der Waals surface area (Å²) in [4.78, 5) is 6.92. The van der Waals surface area contributed by atoms with Gasteiger partial charge in [0.15, 0.2) is 69.0 Å². The Bertz CT molecular complexity index is 10100. The molecule has 141 heavy (non-hydrogen) atoms. The average Bonchev–Trinajstić information content (AvgIpc) is 1.55. The number of nitrogens with zero attached hydrogens (tertiary/aromatic N) is 6. The minimum Gasteiger partial charge on any atom is -0.456 e. The molecule has 0 radical (unpaired) electrons. The predicted molar refractivity (Wildman–Crippen MR) is 565 cm³/mol. The van der Waals surface area contributed by atoms with E-state index >= 15 is 0 Å². The van der Waals surface area contributed by atoms with Crippen molar-refractivity contribution in [3.63, 3.8) is 0 Å². The number of hydrogen-bond donors (Lipinski definition) is 0. The second-order valence-electron chi connectivity index (χ2n) is 36.4. The lowest BCUT2D eigenvalue weighted by Gasteiger charge is -2.32. The van der Waals surface area contributed by atoms with Gasteiger partial charge in [0.25, 0.3) is 0 Å². The highest BCUT2D eigenvalue weighted by atomic mass is 16.5. The Morgan fingerprint density at radius 1 is 0.156 bits per heavy atom. The Morgan fingerprint density at radius 3 is 0.908 bits per heavy atom. The van der Waals surface area contributed by atoms with E-state index in [1.807, 2.05) is 121 Å². The Kier molecular flexibility index (Phi) is 16.1. The summed E-state index contributed by atoms with van der Waals surface area (Å²) in [5.41, 5.74) is 30.0. The van der Waals surface area contributed by atoms with Crippen LogP contribution >= 0.6 is 0 Å². The molecular formula is C126H72N6O9. The van der Waals surface area contributed by atoms with E-state index < -0.39 is 0 Å². The number of rotatable bonds is 12. The van der Waals surface area contributed by atoms with Crippen LogP contribution in [0.15, 0.2) is 450 Å². The Labute approximate surface area is 803 Å². The van der Waals surface area contributed by atoms with Crippen LogP contribution in [0, 0.1) is 0 Å². The molecule has 12 heterocycles. The fourth-order valence-corrected chi connectivity index (χ4v) is 22.6. The molecule has 660 valence electrons. The number of ether oxygens (including phenoxy) is 6. The number of aromatic nitrogens is 3. The molecular weight excluding hydrogens is 1740 g/mol. The Balaban J connectivity index is 0.0000000972. The van der Waals surface area contributed by atoms with Crippen LogP contribution in [0.4, 0.5) is 51.2 Å². The molecule has 21 aromatic carbocycles. The van der Waals surface area contributed by atoms with Gasteiger partial charge in [-0.2, -0.15) is 0 Å². The zero-order chi connectivity index (χ0) is 91.9. The summed E-state index contributed by atoms with van der Waals surface area (Å²) in [6.07, 6.45) is 0. The molecule has 0 spiro atoms. The van der Waals surface area contributed by atoms with Gasteiger partial charge in [-0.1, -0.05) is 243 Å². The molecule has 27 aromatic rings. The molecule has 0 unspecified atom stereocenters. The van der Waals surface area contributed by atoms with Crippen LogP contribution in [-0.4, -0.2) is 13.7 Å². The largest absolute Gasteiger partial charge is 0.456 e. The lowest BCUT2D eigenvalue weighted by molar-refractivity contribution is 0.444. The molecule has 0 N–H and O–H groups in total. The molecule has 0 fully saturated rings. The third-order valence-corrected chi connectivity index (χ3v) is 28.6. The number of anilines is 9. The Hall–Kier alpha value is -19.4. The summed E-state index contributed by atoms with van der Waals surface area (Å²) in [7, 11) is 0. The summed E-state index contributed by atoms with van der Waals surface area (Å²) in [5.74, 6) is 9.61. The summed E-state index contributed by atoms with van der Waals surface area (Å²) >= 11 is 0. The number of fused-ring (bicyclic) bond motifs is 12. The zero-order valence-electron chi connectivity index (χ0n) is 74.9. The van der Waals surface area contributed by atoms with E-state index in [-0.39, 0.29) is 0 Å². The van der Waals surface area contributed by atoms with Crippen molar-refractivity contribution in [2.45, 2.75) is 0 Å². The van der Waals surface area contributed by atoms with Gasteiger partial charge >= 0.3 is 0 Å². The summed E-state index contributed by atoms with van der Waals surface area (Å²) in [6, 6.07) is 152. The highest BCUT2D eigenvalue weighted by molar-refractivity contribution is 6.22. The fourth-order valence-electron chi connectivity index (χ4n) is 22.6. The summed E-state index contributed by atoms with van der Waals surface area (Å²) in [6.45, 7) is 0. The highest BCUT2D eigenvalue weighted by Gasteiger charge is 2.40. The van der Waals surface area contributed by atoms with Gasteiger partial charge in [-0.05, 0) is 221 Å². The van der Waals surface area contributed by atoms with Crippen LogP contribution in [-0.2, 0) is 0 Å². The number of para-hydroxylation sites is 9. The van der Waals surface area contributed by atoms with Crippen molar-refractivity contribution in [2.24, 2.45) is 0 Å². The molecule has 6 aromatic heterocycles. The first-order valence-electron chi connectivity index (χ1n) is 47.3. The highest BCUT2D eigenvalue weighted by Crippen LogP contribution is 2.63. The normalized spacial score (nSPS) is 12.6. The van der Waals surface area contributed by atoms with Gasteiger partial charge in [0.05, 0.1) is 66.9 Å². The van der Waals surface area contributed by atoms with Gasteiger partial charge in [0, 0.05) is 88.1 Å². The monoisotopic (exact) mass is 1810 g/mol. The molecule has 0 saturated heterocycles. The van der Waals surface area contributed by atoms with Crippen LogP contribution in [0.2, 0.25) is 0 Å². The Morgan fingerprint density at radius 2 is 0.447 bits per heavy atom. The number of benzene rings is 21. The van der Waals surface area contributed by atoms with E-state index in [4.69, 9.17) is 41.7 Å². The molecule has 0 atom stereocenters. The van der Waals surface area contributed by atoms with Gasteiger partial charge < -0.3 is 56.4 Å². The van der Waals surface area contributed by atoms with Crippen LogP contribution in [0.5, 0.6) is 69.0 Å². The maximum atomic E-state index is 6.97. The molecule has 0 bridgehead atoms. The molecule has 6 aliphatic heterocycles. The summed E-state index contributed by atoms with van der Waals surface area (Å²) < 4.78 is 66.1. The molecule has 15 nitrogen and oxygen atoms in total. The lowest BCUT2D eigenvalue weighted by Crippen LogP contribution is -2.15. The van der Waals surface area contributed by atoms with Crippen LogP contribution in [0.3, 0.4) is 0 Å². The first-order valence-corrected chi connectivity index (χ1v) is 47.3. The van der Waals surface area contributed by atoms with Crippen LogP contribution in [0.1, 0.15) is 0 Å². The quantitative estimate of drug-likeness (QED) is 0.116. The summed E-state index contributed by atoms with van der Waals surface area (Å²) in [5, 5.41) is 13.3. The zero-order valence-corrected chi connectivity index (χ0v) is 74.9. The topological polar surface area (TPSA) is 119 Å². The second-order valence-corrected chi connectivity index (χ2v) is 36.4. The number of furan rings is 3. The fraction of sp³-hybridized carbons (Fsp3) is 0.